The Bertz CT molecular complexity index is 249. The Hall–Kier alpha value is -0.0900. The molecule has 1 aliphatic heterocycles. The van der Waals surface area contributed by atoms with Crippen LogP contribution in [-0.2, 0) is 9.84 Å². The van der Waals surface area contributed by atoms with Gasteiger partial charge >= 0.3 is 0 Å². The van der Waals surface area contributed by atoms with Crippen LogP contribution < -0.4 is 5.73 Å². The Balaban J connectivity index is 2.79. The molecule has 0 aromatic rings. The van der Waals surface area contributed by atoms with Gasteiger partial charge in [0.2, 0.25) is 0 Å². The molecule has 0 radical (unpaired) electrons. The molecule has 0 atom stereocenters. The van der Waals surface area contributed by atoms with Crippen LogP contribution in [0.15, 0.2) is 0 Å². The van der Waals surface area contributed by atoms with Gasteiger partial charge in [0.05, 0.1) is 11.5 Å². The van der Waals surface area contributed by atoms with E-state index in [1.165, 1.54) is 0 Å². The molecule has 1 heterocycles. The number of hydrogen-bond acceptors (Lipinski definition) is 3. The van der Waals surface area contributed by atoms with Crippen LogP contribution in [-0.4, -0.2) is 25.5 Å². The van der Waals surface area contributed by atoms with E-state index in [0.717, 1.165) is 0 Å². The molecule has 0 saturated carbocycles. The van der Waals surface area contributed by atoms with Crippen LogP contribution in [0.3, 0.4) is 0 Å². The van der Waals surface area contributed by atoms with Gasteiger partial charge in [0.25, 0.3) is 0 Å². The van der Waals surface area contributed by atoms with E-state index in [4.69, 9.17) is 5.73 Å². The highest BCUT2D eigenvalue weighted by atomic mass is 32.2. The van der Waals surface area contributed by atoms with E-state index in [0.29, 0.717) is 0 Å². The highest BCUT2D eigenvalue weighted by molar-refractivity contribution is 7.93. The first-order valence-corrected chi connectivity index (χ1v) is 5.48. The molecule has 0 aliphatic carbocycles. The molecule has 66 valence electrons. The Kier molecular flexibility index (Phi) is 1.62. The standard InChI is InChI=1S/C7H15NO2S/c1-6(2,3)7(8)4-11(9,10)5-7/h4-5,8H2,1-3H3. The number of nitrogens with two attached hydrogens (primary N) is 1. The van der Waals surface area contributed by atoms with Gasteiger partial charge in [-0.05, 0) is 5.41 Å². The maximum Gasteiger partial charge on any atom is 0.154 e. The van der Waals surface area contributed by atoms with Gasteiger partial charge in [-0.2, -0.15) is 0 Å². The first-order chi connectivity index (χ1) is 4.66. The summed E-state index contributed by atoms with van der Waals surface area (Å²) < 4.78 is 21.7. The van der Waals surface area contributed by atoms with Crippen LogP contribution in [0.25, 0.3) is 0 Å². The predicted octanol–water partition coefficient (Wildman–Crippen LogP) is 0.158. The van der Waals surface area contributed by atoms with Gasteiger partial charge in [-0.15, -0.1) is 0 Å². The zero-order valence-corrected chi connectivity index (χ0v) is 8.03. The molecule has 0 spiro atoms. The van der Waals surface area contributed by atoms with Crippen molar-refractivity contribution in [3.05, 3.63) is 0 Å². The molecule has 1 saturated heterocycles. The summed E-state index contributed by atoms with van der Waals surface area (Å²) in [7, 11) is -2.80. The Morgan fingerprint density at radius 3 is 1.73 bits per heavy atom. The van der Waals surface area contributed by atoms with Crippen molar-refractivity contribution in [2.24, 2.45) is 11.1 Å². The van der Waals surface area contributed by atoms with Gasteiger partial charge < -0.3 is 5.73 Å². The van der Waals surface area contributed by atoms with Crippen LogP contribution in [0.1, 0.15) is 20.8 Å². The quantitative estimate of drug-likeness (QED) is 0.573. The lowest BCUT2D eigenvalue weighted by Gasteiger charge is -2.47. The summed E-state index contributed by atoms with van der Waals surface area (Å²) in [6.45, 7) is 5.92. The van der Waals surface area contributed by atoms with Crippen molar-refractivity contribution >= 4 is 9.84 Å². The molecule has 4 heteroatoms. The molecule has 1 fully saturated rings. The van der Waals surface area contributed by atoms with Crippen LogP contribution in [0.5, 0.6) is 0 Å². The molecule has 0 aromatic carbocycles. The first kappa shape index (κ1) is 9.00. The van der Waals surface area contributed by atoms with Gasteiger partial charge in [-0.3, -0.25) is 0 Å². The monoisotopic (exact) mass is 177 g/mol. The van der Waals surface area contributed by atoms with E-state index in [9.17, 15) is 8.42 Å². The Morgan fingerprint density at radius 1 is 1.27 bits per heavy atom. The molecule has 1 rings (SSSR count). The molecular weight excluding hydrogens is 162 g/mol. The van der Waals surface area contributed by atoms with Crippen molar-refractivity contribution in [2.75, 3.05) is 11.5 Å². The molecule has 0 bridgehead atoms. The fourth-order valence-electron chi connectivity index (χ4n) is 1.18. The van der Waals surface area contributed by atoms with E-state index in [2.05, 4.69) is 0 Å². The third-order valence-electron chi connectivity index (χ3n) is 2.45. The van der Waals surface area contributed by atoms with Crippen LogP contribution in [0, 0.1) is 5.41 Å². The van der Waals surface area contributed by atoms with Crippen LogP contribution in [0.4, 0.5) is 0 Å². The molecule has 0 unspecified atom stereocenters. The van der Waals surface area contributed by atoms with Crippen molar-refractivity contribution in [1.82, 2.24) is 0 Å². The van der Waals surface area contributed by atoms with E-state index >= 15 is 0 Å². The van der Waals surface area contributed by atoms with Crippen molar-refractivity contribution in [3.63, 3.8) is 0 Å². The smallest absolute Gasteiger partial charge is 0.154 e. The lowest BCUT2D eigenvalue weighted by atomic mass is 9.76. The van der Waals surface area contributed by atoms with Gasteiger partial charge in [0.1, 0.15) is 0 Å². The SMILES string of the molecule is CC(C)(C)C1(N)CS(=O)(=O)C1. The highest BCUT2D eigenvalue weighted by Crippen LogP contribution is 2.37. The van der Waals surface area contributed by atoms with Crippen molar-refractivity contribution < 1.29 is 8.42 Å². The minimum absolute atomic E-state index is 0.113. The van der Waals surface area contributed by atoms with E-state index in [1.807, 2.05) is 20.8 Å². The predicted molar refractivity (Wildman–Crippen MR) is 45.0 cm³/mol. The summed E-state index contributed by atoms with van der Waals surface area (Å²) in [4.78, 5) is 0. The van der Waals surface area contributed by atoms with Crippen LogP contribution in [0.2, 0.25) is 0 Å². The third kappa shape index (κ3) is 1.42. The minimum atomic E-state index is -2.80. The number of rotatable bonds is 0. The molecule has 3 nitrogen and oxygen atoms in total. The Labute approximate surface area is 67.9 Å². The second-order valence-corrected chi connectivity index (χ2v) is 6.50. The van der Waals surface area contributed by atoms with Gasteiger partial charge in [0.15, 0.2) is 9.84 Å². The fraction of sp³-hybridized carbons (Fsp3) is 1.00. The molecule has 0 aromatic heterocycles. The van der Waals surface area contributed by atoms with Crippen LogP contribution >= 0.6 is 0 Å². The van der Waals surface area contributed by atoms with E-state index in [-0.39, 0.29) is 16.9 Å². The maximum atomic E-state index is 10.9. The average Bonchev–Trinajstić information content (AvgIpc) is 1.55. The van der Waals surface area contributed by atoms with E-state index in [1.54, 1.807) is 0 Å². The summed E-state index contributed by atoms with van der Waals surface area (Å²) in [5.41, 5.74) is 5.27. The maximum absolute atomic E-state index is 10.9. The number of hydrogen-bond donors (Lipinski definition) is 1. The van der Waals surface area contributed by atoms with Crippen molar-refractivity contribution in [3.8, 4) is 0 Å². The van der Waals surface area contributed by atoms with Crippen molar-refractivity contribution in [1.29, 1.82) is 0 Å². The van der Waals surface area contributed by atoms with Gasteiger partial charge in [-0.1, -0.05) is 20.8 Å². The lowest BCUT2D eigenvalue weighted by Crippen LogP contribution is -2.68. The highest BCUT2D eigenvalue weighted by Gasteiger charge is 2.52. The summed E-state index contributed by atoms with van der Waals surface area (Å²) in [5, 5.41) is 0. The molecule has 1 aliphatic rings. The largest absolute Gasteiger partial charge is 0.323 e. The second-order valence-electron chi connectivity index (χ2n) is 4.44. The summed E-state index contributed by atoms with van der Waals surface area (Å²) in [6.07, 6.45) is 0. The average molecular weight is 177 g/mol. The Morgan fingerprint density at radius 2 is 1.64 bits per heavy atom. The summed E-state index contributed by atoms with van der Waals surface area (Å²) in [5.74, 6) is 0.285. The van der Waals surface area contributed by atoms with E-state index < -0.39 is 15.4 Å². The fourth-order valence-corrected chi connectivity index (χ4v) is 3.53. The van der Waals surface area contributed by atoms with Gasteiger partial charge in [0, 0.05) is 5.54 Å². The molecule has 2 N–H and O–H groups in total. The first-order valence-electron chi connectivity index (χ1n) is 3.66. The minimum Gasteiger partial charge on any atom is -0.323 e. The third-order valence-corrected chi connectivity index (χ3v) is 4.36. The topological polar surface area (TPSA) is 60.2 Å². The molecule has 0 amide bonds. The summed E-state index contributed by atoms with van der Waals surface area (Å²) in [6, 6.07) is 0. The normalized spacial score (nSPS) is 27.6. The van der Waals surface area contributed by atoms with Crippen molar-refractivity contribution in [2.45, 2.75) is 26.3 Å². The number of sulfone groups is 1. The molecular formula is C7H15NO2S. The second kappa shape index (κ2) is 1.98. The lowest BCUT2D eigenvalue weighted by molar-refractivity contribution is 0.217. The summed E-state index contributed by atoms with van der Waals surface area (Å²) >= 11 is 0. The zero-order valence-electron chi connectivity index (χ0n) is 7.22. The van der Waals surface area contributed by atoms with Gasteiger partial charge in [-0.25, -0.2) is 8.42 Å². The molecule has 11 heavy (non-hydrogen) atoms. The zero-order chi connectivity index (χ0) is 8.91.